The van der Waals surface area contributed by atoms with Gasteiger partial charge in [0.15, 0.2) is 5.60 Å². The molecule has 29 heavy (non-hydrogen) atoms. The Morgan fingerprint density at radius 3 is 2.59 bits per heavy atom. The number of quaternary nitrogens is 1. The first kappa shape index (κ1) is 19.1. The second-order valence-electron chi connectivity index (χ2n) is 10.9. The Labute approximate surface area is 174 Å². The molecule has 0 unspecified atom stereocenters. The molecule has 3 aliphatic carbocycles. The third kappa shape index (κ3) is 1.84. The van der Waals surface area contributed by atoms with E-state index >= 15 is 0 Å². The van der Waals surface area contributed by atoms with Gasteiger partial charge in [0.05, 0.1) is 0 Å². The predicted molar refractivity (Wildman–Crippen MR) is 118 cm³/mol. The fourth-order valence-electron chi connectivity index (χ4n) is 7.15. The van der Waals surface area contributed by atoms with Crippen LogP contribution in [0, 0.1) is 18.4 Å². The van der Waals surface area contributed by atoms with Gasteiger partial charge in [0.1, 0.15) is 5.54 Å². The molecule has 0 amide bonds. The molecule has 0 bridgehead atoms. The minimum atomic E-state index is -1.05. The first-order valence-corrected chi connectivity index (χ1v) is 10.9. The number of aromatic amines is 1. The monoisotopic (exact) mass is 390 g/mol. The molecule has 0 radical (unpaired) electrons. The van der Waals surface area contributed by atoms with Crippen molar-refractivity contribution in [2.45, 2.75) is 69.4 Å². The van der Waals surface area contributed by atoms with E-state index in [9.17, 15) is 5.11 Å². The van der Waals surface area contributed by atoms with E-state index in [1.165, 1.54) is 10.9 Å². The highest BCUT2D eigenvalue weighted by Crippen LogP contribution is 2.66. The quantitative estimate of drug-likeness (QED) is 0.523. The van der Waals surface area contributed by atoms with Crippen LogP contribution in [0.3, 0.4) is 0 Å². The Morgan fingerprint density at radius 1 is 1.21 bits per heavy atom. The third-order valence-corrected chi connectivity index (χ3v) is 8.98. The Kier molecular flexibility index (Phi) is 3.47. The second kappa shape index (κ2) is 5.25. The SMILES string of the molecule is C=C[C@@]1(C)CC[C@@H]2C(C)(C)c3cccc4[nH]c5c(c34)[C@@]2(O)[C@]1([NH2+][CH2-])C=CC5(C)C. The third-order valence-electron chi connectivity index (χ3n) is 8.98. The first-order valence-electron chi connectivity index (χ1n) is 10.9. The molecular weight excluding hydrogens is 356 g/mol. The van der Waals surface area contributed by atoms with Crippen molar-refractivity contribution < 1.29 is 10.4 Å². The maximum atomic E-state index is 13.0. The van der Waals surface area contributed by atoms with Crippen LogP contribution in [-0.2, 0) is 16.4 Å². The van der Waals surface area contributed by atoms with Gasteiger partial charge in [-0.25, -0.2) is 0 Å². The number of hydrogen-bond donors (Lipinski definition) is 3. The fraction of sp³-hybridized carbons (Fsp3) is 0.500. The van der Waals surface area contributed by atoms with Crippen LogP contribution in [-0.4, -0.2) is 15.6 Å². The standard InChI is InChI=1S/C26H34N2O/c1-8-24(6)13-12-18-23(4,5)16-10-9-11-17-19(16)20-21(28-17)22(2,3)14-15-25(24,27-7)26(18,20)29/h8-11,14-15,18,28-29H,1,7,12-13,27H2,2-6H3/t18-,24+,25+,26-/m1/s1. The van der Waals surface area contributed by atoms with E-state index in [2.05, 4.69) is 89.7 Å². The molecule has 1 aromatic heterocycles. The van der Waals surface area contributed by atoms with Crippen molar-refractivity contribution in [3.8, 4) is 0 Å². The summed E-state index contributed by atoms with van der Waals surface area (Å²) in [7, 11) is 4.31. The summed E-state index contributed by atoms with van der Waals surface area (Å²) in [6.45, 7) is 15.6. The molecule has 3 aliphatic rings. The minimum absolute atomic E-state index is 0.0900. The number of hydrogen-bond acceptors (Lipinski definition) is 1. The van der Waals surface area contributed by atoms with Gasteiger partial charge in [-0.05, 0) is 42.9 Å². The highest BCUT2D eigenvalue weighted by Gasteiger charge is 2.72. The normalized spacial score (nSPS) is 38.7. The van der Waals surface area contributed by atoms with Crippen LogP contribution < -0.4 is 5.32 Å². The molecule has 0 saturated heterocycles. The smallest absolute Gasteiger partial charge is 0.152 e. The predicted octanol–water partition coefficient (Wildman–Crippen LogP) is 4.19. The number of aromatic nitrogens is 1. The van der Waals surface area contributed by atoms with Crippen molar-refractivity contribution in [2.24, 2.45) is 11.3 Å². The molecule has 4 atom stereocenters. The Bertz CT molecular complexity index is 1070. The molecule has 3 nitrogen and oxygen atoms in total. The molecule has 4 N–H and O–H groups in total. The number of allylic oxidation sites excluding steroid dienone is 1. The van der Waals surface area contributed by atoms with Crippen molar-refractivity contribution in [1.82, 2.24) is 4.98 Å². The second-order valence-corrected chi connectivity index (χ2v) is 10.9. The van der Waals surface area contributed by atoms with E-state index in [1.54, 1.807) is 0 Å². The fourth-order valence-corrected chi connectivity index (χ4v) is 7.15. The van der Waals surface area contributed by atoms with Gasteiger partial charge in [0, 0.05) is 38.9 Å². The number of aliphatic hydroxyl groups is 1. The maximum Gasteiger partial charge on any atom is 0.152 e. The van der Waals surface area contributed by atoms with Crippen molar-refractivity contribution in [1.29, 1.82) is 0 Å². The van der Waals surface area contributed by atoms with E-state index < -0.39 is 11.1 Å². The highest BCUT2D eigenvalue weighted by molar-refractivity contribution is 5.92. The number of rotatable bonds is 2. The zero-order valence-electron chi connectivity index (χ0n) is 18.4. The zero-order valence-corrected chi connectivity index (χ0v) is 18.4. The van der Waals surface area contributed by atoms with Crippen molar-refractivity contribution >= 4 is 10.9 Å². The first-order chi connectivity index (χ1) is 13.5. The van der Waals surface area contributed by atoms with Crippen molar-refractivity contribution in [3.63, 3.8) is 0 Å². The van der Waals surface area contributed by atoms with E-state index in [-0.39, 0.29) is 22.2 Å². The summed E-state index contributed by atoms with van der Waals surface area (Å²) >= 11 is 0. The lowest BCUT2D eigenvalue weighted by Crippen LogP contribution is -3.01. The van der Waals surface area contributed by atoms with E-state index in [1.807, 2.05) is 5.32 Å². The lowest BCUT2D eigenvalue weighted by atomic mass is 9.43. The summed E-state index contributed by atoms with van der Waals surface area (Å²) in [5.74, 6) is 0.0900. The number of benzene rings is 1. The average Bonchev–Trinajstić information content (AvgIpc) is 3.05. The van der Waals surface area contributed by atoms with Crippen LogP contribution in [0.4, 0.5) is 0 Å². The van der Waals surface area contributed by atoms with Crippen LogP contribution in [0.1, 0.15) is 64.3 Å². The molecule has 0 aliphatic heterocycles. The molecule has 1 fully saturated rings. The summed E-state index contributed by atoms with van der Waals surface area (Å²) in [6, 6.07) is 6.57. The summed E-state index contributed by atoms with van der Waals surface area (Å²) in [5.41, 5.74) is 2.38. The summed E-state index contributed by atoms with van der Waals surface area (Å²) in [6.07, 6.45) is 8.54. The van der Waals surface area contributed by atoms with Gasteiger partial charge in [-0.2, -0.15) is 7.05 Å². The summed E-state index contributed by atoms with van der Waals surface area (Å²) in [5, 5.41) is 16.2. The van der Waals surface area contributed by atoms with Gasteiger partial charge >= 0.3 is 0 Å². The molecule has 154 valence electrons. The van der Waals surface area contributed by atoms with Crippen LogP contribution in [0.15, 0.2) is 43.0 Å². The lowest BCUT2D eigenvalue weighted by Gasteiger charge is -2.64. The van der Waals surface area contributed by atoms with E-state index in [0.717, 1.165) is 29.6 Å². The highest BCUT2D eigenvalue weighted by atomic mass is 16.3. The summed E-state index contributed by atoms with van der Waals surface area (Å²) in [4.78, 5) is 3.73. The Hall–Kier alpha value is -1.84. The van der Waals surface area contributed by atoms with E-state index in [0.29, 0.717) is 0 Å². The molecule has 5 rings (SSSR count). The number of nitrogens with two attached hydrogens (primary N) is 1. The largest absolute Gasteiger partial charge is 0.467 e. The van der Waals surface area contributed by atoms with Gasteiger partial charge < -0.3 is 15.4 Å². The van der Waals surface area contributed by atoms with E-state index in [4.69, 9.17) is 0 Å². The number of nitrogens with one attached hydrogen (secondary N) is 1. The van der Waals surface area contributed by atoms with Crippen LogP contribution in [0.5, 0.6) is 0 Å². The van der Waals surface area contributed by atoms with Crippen LogP contribution in [0.2, 0.25) is 0 Å². The molecular formula is C26H34N2O. The Balaban J connectivity index is 2.05. The zero-order chi connectivity index (χ0) is 21.0. The molecule has 0 spiro atoms. The molecule has 1 saturated carbocycles. The number of H-pyrrole nitrogens is 1. The van der Waals surface area contributed by atoms with Gasteiger partial charge in [0.25, 0.3) is 0 Å². The van der Waals surface area contributed by atoms with Gasteiger partial charge in [-0.3, -0.25) is 0 Å². The van der Waals surface area contributed by atoms with Gasteiger partial charge in [0.2, 0.25) is 0 Å². The van der Waals surface area contributed by atoms with Crippen molar-refractivity contribution in [2.75, 3.05) is 0 Å². The summed E-state index contributed by atoms with van der Waals surface area (Å²) < 4.78 is 0. The van der Waals surface area contributed by atoms with Gasteiger partial charge in [-0.1, -0.05) is 52.0 Å². The Morgan fingerprint density at radius 2 is 1.93 bits per heavy atom. The van der Waals surface area contributed by atoms with Gasteiger partial charge in [-0.15, -0.1) is 6.58 Å². The molecule has 1 heterocycles. The van der Waals surface area contributed by atoms with Crippen LogP contribution in [0.25, 0.3) is 10.9 Å². The molecule has 3 heteroatoms. The lowest BCUT2D eigenvalue weighted by molar-refractivity contribution is -0.705. The van der Waals surface area contributed by atoms with Crippen LogP contribution >= 0.6 is 0 Å². The van der Waals surface area contributed by atoms with Crippen molar-refractivity contribution in [3.05, 3.63) is 66.9 Å². The topological polar surface area (TPSA) is 52.6 Å². The molecule has 2 aromatic rings. The minimum Gasteiger partial charge on any atom is -0.467 e. The average molecular weight is 391 g/mol. The maximum absolute atomic E-state index is 13.0. The molecule has 1 aromatic carbocycles.